The van der Waals surface area contributed by atoms with Gasteiger partial charge in [0.15, 0.2) is 0 Å². The van der Waals surface area contributed by atoms with E-state index in [9.17, 15) is 13.2 Å². The molecule has 0 N–H and O–H groups in total. The van der Waals surface area contributed by atoms with E-state index in [1.165, 1.54) is 23.5 Å². The van der Waals surface area contributed by atoms with Crippen molar-refractivity contribution in [1.29, 1.82) is 0 Å². The SMILES string of the molecule is FC(F)(F)c1ccc(-c2nc(Cc3ccsc3)c(CCl)s2)cc1. The molecule has 0 aliphatic carbocycles. The fraction of sp³-hybridized carbons (Fsp3) is 0.188. The summed E-state index contributed by atoms with van der Waals surface area (Å²) >= 11 is 9.02. The van der Waals surface area contributed by atoms with Crippen LogP contribution in [0, 0.1) is 0 Å². The van der Waals surface area contributed by atoms with Crippen molar-refractivity contribution in [2.24, 2.45) is 0 Å². The van der Waals surface area contributed by atoms with Gasteiger partial charge in [-0.25, -0.2) is 4.98 Å². The molecule has 0 unspecified atom stereocenters. The molecular formula is C16H11ClF3NS2. The first-order valence-electron chi connectivity index (χ1n) is 6.70. The molecule has 23 heavy (non-hydrogen) atoms. The smallest absolute Gasteiger partial charge is 0.240 e. The van der Waals surface area contributed by atoms with Crippen molar-refractivity contribution in [2.45, 2.75) is 18.5 Å². The first-order valence-corrected chi connectivity index (χ1v) is 9.00. The summed E-state index contributed by atoms with van der Waals surface area (Å²) in [5.41, 5.74) is 2.06. The quantitative estimate of drug-likeness (QED) is 0.495. The van der Waals surface area contributed by atoms with Crippen molar-refractivity contribution in [3.05, 3.63) is 62.8 Å². The molecule has 1 nitrogen and oxygen atoms in total. The van der Waals surface area contributed by atoms with Crippen molar-refractivity contribution < 1.29 is 13.2 Å². The van der Waals surface area contributed by atoms with E-state index in [0.29, 0.717) is 22.9 Å². The second-order valence-electron chi connectivity index (χ2n) is 4.91. The van der Waals surface area contributed by atoms with Gasteiger partial charge in [0, 0.05) is 16.9 Å². The second kappa shape index (κ2) is 6.63. The Bertz CT molecular complexity index is 777. The van der Waals surface area contributed by atoms with E-state index in [1.807, 2.05) is 11.4 Å². The predicted molar refractivity (Wildman–Crippen MR) is 89.2 cm³/mol. The van der Waals surface area contributed by atoms with Crippen LogP contribution >= 0.6 is 34.3 Å². The number of hydrogen-bond acceptors (Lipinski definition) is 3. The number of alkyl halides is 4. The van der Waals surface area contributed by atoms with Gasteiger partial charge in [0.25, 0.3) is 0 Å². The Hall–Kier alpha value is -1.37. The zero-order chi connectivity index (χ0) is 16.4. The summed E-state index contributed by atoms with van der Waals surface area (Å²) in [4.78, 5) is 5.53. The highest BCUT2D eigenvalue weighted by molar-refractivity contribution is 7.15. The first kappa shape index (κ1) is 16.5. The van der Waals surface area contributed by atoms with Gasteiger partial charge in [-0.3, -0.25) is 0 Å². The van der Waals surface area contributed by atoms with Gasteiger partial charge in [-0.1, -0.05) is 12.1 Å². The number of nitrogens with zero attached hydrogens (tertiary/aromatic N) is 1. The standard InChI is InChI=1S/C16H11ClF3NS2/c17-8-14-13(7-10-5-6-22-9-10)21-15(23-14)11-1-3-12(4-2-11)16(18,19)20/h1-6,9H,7-8H2. The number of benzene rings is 1. The largest absolute Gasteiger partial charge is 0.416 e. The summed E-state index contributed by atoms with van der Waals surface area (Å²) in [6, 6.07) is 7.09. The van der Waals surface area contributed by atoms with Gasteiger partial charge < -0.3 is 0 Å². The van der Waals surface area contributed by atoms with Gasteiger partial charge in [0.2, 0.25) is 0 Å². The predicted octanol–water partition coefficient (Wildman–Crippen LogP) is 6.22. The van der Waals surface area contributed by atoms with Gasteiger partial charge in [-0.15, -0.1) is 22.9 Å². The molecule has 0 fully saturated rings. The van der Waals surface area contributed by atoms with Crippen molar-refractivity contribution in [2.75, 3.05) is 0 Å². The second-order valence-corrected chi connectivity index (χ2v) is 7.04. The Morgan fingerprint density at radius 1 is 1.09 bits per heavy atom. The van der Waals surface area contributed by atoms with Gasteiger partial charge in [-0.05, 0) is 34.5 Å². The third kappa shape index (κ3) is 3.76. The Balaban J connectivity index is 1.89. The number of thiophene rings is 1. The molecule has 0 bridgehead atoms. The molecule has 0 amide bonds. The Morgan fingerprint density at radius 2 is 1.83 bits per heavy atom. The Kier molecular flexibility index (Phi) is 4.75. The van der Waals surface area contributed by atoms with E-state index in [-0.39, 0.29) is 0 Å². The molecule has 0 spiro atoms. The van der Waals surface area contributed by atoms with E-state index in [4.69, 9.17) is 11.6 Å². The van der Waals surface area contributed by atoms with Crippen LogP contribution in [-0.2, 0) is 18.5 Å². The van der Waals surface area contributed by atoms with Crippen LogP contribution in [0.4, 0.5) is 13.2 Å². The van der Waals surface area contributed by atoms with E-state index >= 15 is 0 Å². The number of aromatic nitrogens is 1. The molecule has 120 valence electrons. The van der Waals surface area contributed by atoms with Gasteiger partial charge in [-0.2, -0.15) is 24.5 Å². The lowest BCUT2D eigenvalue weighted by atomic mass is 10.1. The lowest BCUT2D eigenvalue weighted by molar-refractivity contribution is -0.137. The number of thiazole rings is 1. The highest BCUT2D eigenvalue weighted by atomic mass is 35.5. The molecule has 0 radical (unpaired) electrons. The average Bonchev–Trinajstić information content (AvgIpc) is 3.16. The Morgan fingerprint density at radius 3 is 2.39 bits per heavy atom. The molecule has 0 atom stereocenters. The first-order chi connectivity index (χ1) is 11.0. The summed E-state index contributed by atoms with van der Waals surface area (Å²) in [6.45, 7) is 0. The molecule has 3 rings (SSSR count). The summed E-state index contributed by atoms with van der Waals surface area (Å²) < 4.78 is 37.9. The van der Waals surface area contributed by atoms with Crippen LogP contribution in [0.15, 0.2) is 41.1 Å². The third-order valence-electron chi connectivity index (χ3n) is 3.31. The highest BCUT2D eigenvalue weighted by Gasteiger charge is 2.30. The molecule has 1 aromatic carbocycles. The van der Waals surface area contributed by atoms with Crippen LogP contribution in [0.2, 0.25) is 0 Å². The minimum Gasteiger partial charge on any atom is -0.240 e. The molecule has 2 aromatic heterocycles. The topological polar surface area (TPSA) is 12.9 Å². The van der Waals surface area contributed by atoms with Crippen LogP contribution in [-0.4, -0.2) is 4.98 Å². The molecular weight excluding hydrogens is 363 g/mol. The average molecular weight is 374 g/mol. The highest BCUT2D eigenvalue weighted by Crippen LogP contribution is 2.34. The van der Waals surface area contributed by atoms with Gasteiger partial charge in [0.05, 0.1) is 17.1 Å². The third-order valence-corrected chi connectivity index (χ3v) is 5.61. The fourth-order valence-corrected chi connectivity index (χ4v) is 4.06. The lowest BCUT2D eigenvalue weighted by Gasteiger charge is -2.06. The molecule has 0 saturated heterocycles. The minimum atomic E-state index is -4.33. The van der Waals surface area contributed by atoms with Crippen LogP contribution in [0.1, 0.15) is 21.7 Å². The molecule has 0 aliphatic rings. The maximum atomic E-state index is 12.6. The van der Waals surface area contributed by atoms with Gasteiger partial charge >= 0.3 is 6.18 Å². The van der Waals surface area contributed by atoms with Crippen molar-refractivity contribution in [3.8, 4) is 10.6 Å². The fourth-order valence-electron chi connectivity index (χ4n) is 2.14. The maximum Gasteiger partial charge on any atom is 0.416 e. The summed E-state index contributed by atoms with van der Waals surface area (Å²) in [5, 5.41) is 4.74. The molecule has 3 aromatic rings. The maximum absolute atomic E-state index is 12.6. The molecule has 0 aliphatic heterocycles. The van der Waals surface area contributed by atoms with Crippen molar-refractivity contribution in [3.63, 3.8) is 0 Å². The van der Waals surface area contributed by atoms with Crippen molar-refractivity contribution >= 4 is 34.3 Å². The minimum absolute atomic E-state index is 0.345. The van der Waals surface area contributed by atoms with Gasteiger partial charge in [0.1, 0.15) is 5.01 Å². The molecule has 2 heterocycles. The van der Waals surface area contributed by atoms with Crippen LogP contribution in [0.3, 0.4) is 0 Å². The molecule has 0 saturated carbocycles. The summed E-state index contributed by atoms with van der Waals surface area (Å²) in [5.74, 6) is 0.345. The van der Waals surface area contributed by atoms with Crippen molar-refractivity contribution in [1.82, 2.24) is 4.98 Å². The van der Waals surface area contributed by atoms with E-state index in [1.54, 1.807) is 11.3 Å². The normalized spacial score (nSPS) is 11.8. The van der Waals surface area contributed by atoms with Crippen LogP contribution in [0.25, 0.3) is 10.6 Å². The van der Waals surface area contributed by atoms with E-state index in [0.717, 1.165) is 28.3 Å². The van der Waals surface area contributed by atoms with Crippen LogP contribution in [0.5, 0.6) is 0 Å². The Labute approximate surface area is 144 Å². The zero-order valence-corrected chi connectivity index (χ0v) is 14.1. The summed E-state index contributed by atoms with van der Waals surface area (Å²) in [7, 11) is 0. The zero-order valence-electron chi connectivity index (χ0n) is 11.7. The van der Waals surface area contributed by atoms with E-state index < -0.39 is 11.7 Å². The van der Waals surface area contributed by atoms with Crippen LogP contribution < -0.4 is 0 Å². The number of hydrogen-bond donors (Lipinski definition) is 0. The molecule has 7 heteroatoms. The van der Waals surface area contributed by atoms with E-state index in [2.05, 4.69) is 10.4 Å². The lowest BCUT2D eigenvalue weighted by Crippen LogP contribution is -2.03. The number of halogens is 4. The monoisotopic (exact) mass is 373 g/mol. The number of rotatable bonds is 4. The summed E-state index contributed by atoms with van der Waals surface area (Å²) in [6.07, 6.45) is -3.64.